The molecule has 0 spiro atoms. The summed E-state index contributed by atoms with van der Waals surface area (Å²) in [5.41, 5.74) is 1.25. The number of nitrogens with one attached hydrogen (secondary N) is 1. The lowest BCUT2D eigenvalue weighted by Gasteiger charge is -2.16. The van der Waals surface area contributed by atoms with Crippen molar-refractivity contribution in [2.24, 2.45) is 0 Å². The lowest BCUT2D eigenvalue weighted by atomic mass is 10.1. The summed E-state index contributed by atoms with van der Waals surface area (Å²) in [6.45, 7) is 4.77. The molecule has 0 aliphatic heterocycles. The highest BCUT2D eigenvalue weighted by Gasteiger charge is 2.07. The van der Waals surface area contributed by atoms with E-state index in [1.807, 2.05) is 25.1 Å². The van der Waals surface area contributed by atoms with Gasteiger partial charge in [-0.15, -0.1) is 0 Å². The monoisotopic (exact) mass is 271 g/mol. The van der Waals surface area contributed by atoms with E-state index in [1.165, 1.54) is 5.56 Å². The van der Waals surface area contributed by atoms with Gasteiger partial charge in [0.2, 0.25) is 0 Å². The predicted molar refractivity (Wildman–Crippen MR) is 66.9 cm³/mol. The number of hydrogen-bond acceptors (Lipinski definition) is 2. The van der Waals surface area contributed by atoms with Crippen molar-refractivity contribution in [2.75, 3.05) is 6.54 Å². The molecule has 2 nitrogen and oxygen atoms in total. The van der Waals surface area contributed by atoms with E-state index < -0.39 is 0 Å². The van der Waals surface area contributed by atoms with Crippen LogP contribution in [-0.4, -0.2) is 17.8 Å². The second-order valence-electron chi connectivity index (χ2n) is 3.84. The molecule has 3 heteroatoms. The second-order valence-corrected chi connectivity index (χ2v) is 4.69. The Kier molecular flexibility index (Phi) is 5.29. The number of rotatable bonds is 5. The van der Waals surface area contributed by atoms with E-state index in [4.69, 9.17) is 5.11 Å². The van der Waals surface area contributed by atoms with Gasteiger partial charge in [0.05, 0.1) is 6.10 Å². The Morgan fingerprint density at radius 2 is 2.00 bits per heavy atom. The van der Waals surface area contributed by atoms with E-state index in [2.05, 4.69) is 34.2 Å². The molecule has 2 atom stereocenters. The fourth-order valence-electron chi connectivity index (χ4n) is 1.44. The first-order chi connectivity index (χ1) is 7.11. The Hall–Kier alpha value is -0.380. The summed E-state index contributed by atoms with van der Waals surface area (Å²) >= 11 is 3.53. The first-order valence-electron chi connectivity index (χ1n) is 5.27. The third-order valence-electron chi connectivity index (χ3n) is 2.38. The molecule has 84 valence electrons. The Morgan fingerprint density at radius 3 is 2.60 bits per heavy atom. The average Bonchev–Trinajstić information content (AvgIpc) is 2.17. The first-order valence-corrected chi connectivity index (χ1v) is 6.06. The van der Waals surface area contributed by atoms with E-state index in [1.54, 1.807) is 0 Å². The lowest BCUT2D eigenvalue weighted by molar-refractivity contribution is 0.182. The zero-order valence-corrected chi connectivity index (χ0v) is 10.8. The molecular formula is C12H18BrNO. The Bertz CT molecular complexity index is 301. The van der Waals surface area contributed by atoms with E-state index in [-0.39, 0.29) is 6.10 Å². The van der Waals surface area contributed by atoms with Crippen LogP contribution in [0, 0.1) is 0 Å². The molecule has 0 unspecified atom stereocenters. The number of aliphatic hydroxyl groups excluding tert-OH is 1. The van der Waals surface area contributed by atoms with Crippen molar-refractivity contribution in [3.05, 3.63) is 34.3 Å². The topological polar surface area (TPSA) is 32.3 Å². The van der Waals surface area contributed by atoms with Gasteiger partial charge in [-0.25, -0.2) is 0 Å². The van der Waals surface area contributed by atoms with Gasteiger partial charge in [0.25, 0.3) is 0 Å². The number of hydrogen-bond donors (Lipinski definition) is 2. The lowest BCUT2D eigenvalue weighted by Crippen LogP contribution is -2.22. The highest BCUT2D eigenvalue weighted by atomic mass is 79.9. The van der Waals surface area contributed by atoms with E-state index in [0.29, 0.717) is 6.04 Å². The minimum absolute atomic E-state index is 0.232. The molecule has 1 aromatic carbocycles. The predicted octanol–water partition coefficient (Wildman–Crippen LogP) is 2.87. The van der Waals surface area contributed by atoms with Crippen molar-refractivity contribution in [1.82, 2.24) is 5.32 Å². The standard InChI is InChI=1S/C12H18BrNO/c1-9(15)7-8-14-10(2)11-5-3-4-6-12(11)13/h3-6,9-10,14-15H,7-8H2,1-2H3/t9-,10-/m0/s1. The summed E-state index contributed by atoms with van der Waals surface area (Å²) in [5, 5.41) is 12.5. The van der Waals surface area contributed by atoms with Gasteiger partial charge < -0.3 is 10.4 Å². The summed E-state index contributed by atoms with van der Waals surface area (Å²) in [6.07, 6.45) is 0.554. The van der Waals surface area contributed by atoms with E-state index in [0.717, 1.165) is 17.4 Å². The third kappa shape index (κ3) is 4.33. The van der Waals surface area contributed by atoms with E-state index in [9.17, 15) is 0 Å². The highest BCUT2D eigenvalue weighted by molar-refractivity contribution is 9.10. The van der Waals surface area contributed by atoms with Gasteiger partial charge in [0.15, 0.2) is 0 Å². The Morgan fingerprint density at radius 1 is 1.33 bits per heavy atom. The molecule has 2 N–H and O–H groups in total. The molecule has 0 radical (unpaired) electrons. The van der Waals surface area contributed by atoms with Gasteiger partial charge in [-0.3, -0.25) is 0 Å². The largest absolute Gasteiger partial charge is 0.393 e. The summed E-state index contributed by atoms with van der Waals surface area (Å²) in [7, 11) is 0. The Labute approximate surface area is 99.8 Å². The van der Waals surface area contributed by atoms with Crippen molar-refractivity contribution in [3.8, 4) is 0 Å². The molecule has 15 heavy (non-hydrogen) atoms. The molecule has 0 fully saturated rings. The van der Waals surface area contributed by atoms with Crippen molar-refractivity contribution in [1.29, 1.82) is 0 Å². The molecule has 0 saturated heterocycles. The maximum absolute atomic E-state index is 9.14. The van der Waals surface area contributed by atoms with Gasteiger partial charge in [-0.2, -0.15) is 0 Å². The molecule has 0 aromatic heterocycles. The quantitative estimate of drug-likeness (QED) is 0.863. The number of benzene rings is 1. The number of halogens is 1. The zero-order chi connectivity index (χ0) is 11.3. The summed E-state index contributed by atoms with van der Waals surface area (Å²) < 4.78 is 1.13. The van der Waals surface area contributed by atoms with Gasteiger partial charge in [-0.1, -0.05) is 34.1 Å². The third-order valence-corrected chi connectivity index (χ3v) is 3.11. The number of aliphatic hydroxyl groups is 1. The summed E-state index contributed by atoms with van der Waals surface area (Å²) in [5.74, 6) is 0. The molecule has 0 aliphatic carbocycles. The van der Waals surface area contributed by atoms with Crippen LogP contribution >= 0.6 is 15.9 Å². The molecule has 0 aliphatic rings. The fraction of sp³-hybridized carbons (Fsp3) is 0.500. The van der Waals surface area contributed by atoms with Crippen LogP contribution in [0.5, 0.6) is 0 Å². The molecule has 0 amide bonds. The highest BCUT2D eigenvalue weighted by Crippen LogP contribution is 2.22. The van der Waals surface area contributed by atoms with Crippen LogP contribution < -0.4 is 5.32 Å². The SMILES string of the molecule is C[C@H](O)CCN[C@@H](C)c1ccccc1Br. The Balaban J connectivity index is 2.47. The summed E-state index contributed by atoms with van der Waals surface area (Å²) in [6, 6.07) is 8.49. The van der Waals surface area contributed by atoms with Crippen LogP contribution in [0.3, 0.4) is 0 Å². The van der Waals surface area contributed by atoms with Crippen molar-refractivity contribution >= 4 is 15.9 Å². The smallest absolute Gasteiger partial charge is 0.0524 e. The van der Waals surface area contributed by atoms with Crippen LogP contribution in [-0.2, 0) is 0 Å². The van der Waals surface area contributed by atoms with Crippen LogP contribution in [0.4, 0.5) is 0 Å². The first kappa shape index (κ1) is 12.7. The maximum atomic E-state index is 9.14. The molecule has 1 rings (SSSR count). The van der Waals surface area contributed by atoms with Gasteiger partial charge in [-0.05, 0) is 38.4 Å². The molecule has 0 heterocycles. The molecule has 1 aromatic rings. The second kappa shape index (κ2) is 6.26. The molecular weight excluding hydrogens is 254 g/mol. The minimum Gasteiger partial charge on any atom is -0.393 e. The van der Waals surface area contributed by atoms with Crippen molar-refractivity contribution < 1.29 is 5.11 Å². The minimum atomic E-state index is -0.232. The van der Waals surface area contributed by atoms with Crippen molar-refractivity contribution in [3.63, 3.8) is 0 Å². The zero-order valence-electron chi connectivity index (χ0n) is 9.20. The maximum Gasteiger partial charge on any atom is 0.0524 e. The van der Waals surface area contributed by atoms with Crippen LogP contribution in [0.15, 0.2) is 28.7 Å². The van der Waals surface area contributed by atoms with Crippen LogP contribution in [0.2, 0.25) is 0 Å². The van der Waals surface area contributed by atoms with Crippen molar-refractivity contribution in [2.45, 2.75) is 32.4 Å². The van der Waals surface area contributed by atoms with Crippen LogP contribution in [0.25, 0.3) is 0 Å². The van der Waals surface area contributed by atoms with Gasteiger partial charge in [0, 0.05) is 10.5 Å². The molecule has 0 bridgehead atoms. The molecule has 0 saturated carbocycles. The van der Waals surface area contributed by atoms with Gasteiger partial charge in [0.1, 0.15) is 0 Å². The fourth-order valence-corrected chi connectivity index (χ4v) is 2.07. The summed E-state index contributed by atoms with van der Waals surface area (Å²) in [4.78, 5) is 0. The van der Waals surface area contributed by atoms with Crippen LogP contribution in [0.1, 0.15) is 31.9 Å². The average molecular weight is 272 g/mol. The van der Waals surface area contributed by atoms with E-state index >= 15 is 0 Å². The van der Waals surface area contributed by atoms with Gasteiger partial charge >= 0.3 is 0 Å². The normalized spacial score (nSPS) is 14.9.